The number of carbonyl (C=O) groups excluding carboxylic acids is 1. The Kier molecular flexibility index (Phi) is 8.32. The minimum atomic E-state index is -0.458. The van der Waals surface area contributed by atoms with E-state index in [2.05, 4.69) is 22.1 Å². The predicted molar refractivity (Wildman–Crippen MR) is 111 cm³/mol. The Morgan fingerprint density at radius 3 is 2.90 bits per heavy atom. The molecule has 2 rings (SSSR count). The second-order valence-corrected chi connectivity index (χ2v) is 7.82. The van der Waals surface area contributed by atoms with Crippen LogP contribution >= 0.6 is 0 Å². The zero-order chi connectivity index (χ0) is 21.4. The van der Waals surface area contributed by atoms with E-state index in [-0.39, 0.29) is 24.2 Å². The van der Waals surface area contributed by atoms with Gasteiger partial charge in [0.05, 0.1) is 19.0 Å². The fraction of sp³-hybridized carbons (Fsp3) is 0.545. The average Bonchev–Trinajstić information content (AvgIpc) is 2.71. The molecule has 29 heavy (non-hydrogen) atoms. The van der Waals surface area contributed by atoms with Gasteiger partial charge in [-0.2, -0.15) is 5.26 Å². The molecule has 1 aromatic carbocycles. The minimum Gasteiger partial charge on any atom is -0.496 e. The molecule has 7 heteroatoms. The van der Waals surface area contributed by atoms with E-state index < -0.39 is 6.04 Å². The number of hydrogen-bond acceptors (Lipinski definition) is 5. The lowest BCUT2D eigenvalue weighted by atomic mass is 9.90. The summed E-state index contributed by atoms with van der Waals surface area (Å²) in [6.07, 6.45) is 2.49. The Balaban J connectivity index is 2.08. The van der Waals surface area contributed by atoms with E-state index in [1.54, 1.807) is 19.2 Å². The molecule has 6 nitrogen and oxygen atoms in total. The molecule has 1 saturated heterocycles. The number of ether oxygens (including phenoxy) is 1. The second kappa shape index (κ2) is 10.7. The SMILES string of the molecule is C=C(NC(CC(C)C)C(=O)NCC#N)N1CCCC(c2cc(F)ccc2OC)C1. The monoisotopic (exact) mass is 402 g/mol. The first-order valence-electron chi connectivity index (χ1n) is 10.0. The van der Waals surface area contributed by atoms with Crippen LogP contribution in [0.3, 0.4) is 0 Å². The highest BCUT2D eigenvalue weighted by Crippen LogP contribution is 2.34. The minimum absolute atomic E-state index is 0.0211. The van der Waals surface area contributed by atoms with Gasteiger partial charge < -0.3 is 20.3 Å². The molecular weight excluding hydrogens is 371 g/mol. The Morgan fingerprint density at radius 1 is 1.48 bits per heavy atom. The molecule has 1 aliphatic heterocycles. The normalized spacial score (nSPS) is 17.4. The fourth-order valence-electron chi connectivity index (χ4n) is 3.75. The van der Waals surface area contributed by atoms with Gasteiger partial charge in [-0.25, -0.2) is 4.39 Å². The van der Waals surface area contributed by atoms with Crippen LogP contribution in [0.2, 0.25) is 0 Å². The van der Waals surface area contributed by atoms with Crippen LogP contribution < -0.4 is 15.4 Å². The van der Waals surface area contributed by atoms with Crippen molar-refractivity contribution < 1.29 is 13.9 Å². The van der Waals surface area contributed by atoms with E-state index in [1.807, 2.05) is 19.9 Å². The van der Waals surface area contributed by atoms with Gasteiger partial charge in [0.1, 0.15) is 24.2 Å². The van der Waals surface area contributed by atoms with E-state index in [0.717, 1.165) is 24.9 Å². The molecule has 0 aliphatic carbocycles. The number of benzene rings is 1. The van der Waals surface area contributed by atoms with E-state index in [0.29, 0.717) is 30.5 Å². The summed E-state index contributed by atoms with van der Waals surface area (Å²) < 4.78 is 19.2. The van der Waals surface area contributed by atoms with Crippen molar-refractivity contribution in [1.29, 1.82) is 5.26 Å². The maximum atomic E-state index is 13.8. The highest BCUT2D eigenvalue weighted by molar-refractivity contribution is 5.82. The molecule has 0 spiro atoms. The van der Waals surface area contributed by atoms with Crippen molar-refractivity contribution in [2.45, 2.75) is 45.1 Å². The van der Waals surface area contributed by atoms with Crippen LogP contribution in [0, 0.1) is 23.1 Å². The third-order valence-electron chi connectivity index (χ3n) is 5.14. The van der Waals surface area contributed by atoms with Crippen molar-refractivity contribution >= 4 is 5.91 Å². The summed E-state index contributed by atoms with van der Waals surface area (Å²) in [4.78, 5) is 14.5. The van der Waals surface area contributed by atoms with Gasteiger partial charge in [0.2, 0.25) is 5.91 Å². The van der Waals surface area contributed by atoms with Crippen LogP contribution in [-0.4, -0.2) is 43.6 Å². The van der Waals surface area contributed by atoms with E-state index in [1.165, 1.54) is 6.07 Å². The number of methoxy groups -OCH3 is 1. The standard InChI is InChI=1S/C22H31FN4O2/c1-15(2)12-20(22(28)25-10-9-24)26-16(3)27-11-5-6-17(14-27)19-13-18(23)7-8-21(19)29-4/h7-8,13,15,17,20,26H,3,5-6,10-12,14H2,1-2,4H3,(H,25,28). The van der Waals surface area contributed by atoms with Crippen molar-refractivity contribution in [3.63, 3.8) is 0 Å². The van der Waals surface area contributed by atoms with Crippen molar-refractivity contribution in [2.24, 2.45) is 5.92 Å². The number of nitrogens with one attached hydrogen (secondary N) is 2. The van der Waals surface area contributed by atoms with E-state index in [4.69, 9.17) is 10.00 Å². The maximum Gasteiger partial charge on any atom is 0.243 e. The zero-order valence-electron chi connectivity index (χ0n) is 17.5. The first-order valence-corrected chi connectivity index (χ1v) is 10.0. The largest absolute Gasteiger partial charge is 0.496 e. The molecule has 1 aromatic rings. The number of carbonyl (C=O) groups is 1. The number of likely N-dealkylation sites (tertiary alicyclic amines) is 1. The molecule has 2 N–H and O–H groups in total. The Labute approximate surface area is 172 Å². The van der Waals surface area contributed by atoms with Gasteiger partial charge in [-0.05, 0) is 43.4 Å². The van der Waals surface area contributed by atoms with Crippen molar-refractivity contribution in [2.75, 3.05) is 26.7 Å². The van der Waals surface area contributed by atoms with Crippen molar-refractivity contribution in [1.82, 2.24) is 15.5 Å². The Bertz CT molecular complexity index is 760. The summed E-state index contributed by atoms with van der Waals surface area (Å²) in [7, 11) is 1.59. The molecule has 0 saturated carbocycles. The molecule has 0 bridgehead atoms. The third kappa shape index (κ3) is 6.38. The fourth-order valence-corrected chi connectivity index (χ4v) is 3.75. The van der Waals surface area contributed by atoms with Gasteiger partial charge in [0.25, 0.3) is 0 Å². The van der Waals surface area contributed by atoms with E-state index >= 15 is 0 Å². The number of piperidine rings is 1. The van der Waals surface area contributed by atoms with Crippen LogP contribution in [0.1, 0.15) is 44.6 Å². The molecule has 1 heterocycles. The number of nitrogens with zero attached hydrogens (tertiary/aromatic N) is 2. The van der Waals surface area contributed by atoms with Gasteiger partial charge in [0.15, 0.2) is 0 Å². The quantitative estimate of drug-likeness (QED) is 0.621. The molecule has 1 fully saturated rings. The number of halogens is 1. The number of rotatable bonds is 9. The van der Waals surface area contributed by atoms with Gasteiger partial charge in [-0.15, -0.1) is 0 Å². The first kappa shape index (κ1) is 22.5. The average molecular weight is 403 g/mol. The number of nitriles is 1. The van der Waals surface area contributed by atoms with Crippen LogP contribution in [0.5, 0.6) is 5.75 Å². The zero-order valence-corrected chi connectivity index (χ0v) is 17.5. The topological polar surface area (TPSA) is 77.4 Å². The highest BCUT2D eigenvalue weighted by atomic mass is 19.1. The van der Waals surface area contributed by atoms with Crippen LogP contribution in [0.25, 0.3) is 0 Å². The van der Waals surface area contributed by atoms with Gasteiger partial charge >= 0.3 is 0 Å². The number of amides is 1. The molecule has 0 aromatic heterocycles. The van der Waals surface area contributed by atoms with Crippen LogP contribution in [0.4, 0.5) is 4.39 Å². The molecule has 0 radical (unpaired) electrons. The maximum absolute atomic E-state index is 13.8. The summed E-state index contributed by atoms with van der Waals surface area (Å²) >= 11 is 0. The lowest BCUT2D eigenvalue weighted by Gasteiger charge is -2.37. The molecule has 1 aliphatic rings. The molecule has 1 amide bonds. The summed E-state index contributed by atoms with van der Waals surface area (Å²) in [6, 6.07) is 6.08. The number of hydrogen-bond donors (Lipinski definition) is 2. The van der Waals surface area contributed by atoms with Gasteiger partial charge in [-0.3, -0.25) is 4.79 Å². The van der Waals surface area contributed by atoms with Gasteiger partial charge in [-0.1, -0.05) is 20.4 Å². The summed E-state index contributed by atoms with van der Waals surface area (Å²) in [5.41, 5.74) is 0.857. The lowest BCUT2D eigenvalue weighted by molar-refractivity contribution is -0.123. The lowest BCUT2D eigenvalue weighted by Crippen LogP contribution is -2.48. The van der Waals surface area contributed by atoms with Crippen LogP contribution in [0.15, 0.2) is 30.6 Å². The predicted octanol–water partition coefficient (Wildman–Crippen LogP) is 3.13. The van der Waals surface area contributed by atoms with Crippen molar-refractivity contribution in [3.05, 3.63) is 42.0 Å². The van der Waals surface area contributed by atoms with Crippen molar-refractivity contribution in [3.8, 4) is 11.8 Å². The summed E-state index contributed by atoms with van der Waals surface area (Å²) in [5, 5.41) is 14.6. The Hall–Kier alpha value is -2.75. The molecule has 2 atom stereocenters. The highest BCUT2D eigenvalue weighted by Gasteiger charge is 2.27. The summed E-state index contributed by atoms with van der Waals surface area (Å²) in [5.74, 6) is 1.29. The molecule has 158 valence electrons. The second-order valence-electron chi connectivity index (χ2n) is 7.82. The van der Waals surface area contributed by atoms with E-state index in [9.17, 15) is 9.18 Å². The summed E-state index contributed by atoms with van der Waals surface area (Å²) in [6.45, 7) is 9.69. The smallest absolute Gasteiger partial charge is 0.243 e. The van der Waals surface area contributed by atoms with Crippen LogP contribution in [-0.2, 0) is 4.79 Å². The molecular formula is C22H31FN4O2. The van der Waals surface area contributed by atoms with Gasteiger partial charge in [0, 0.05) is 24.6 Å². The Morgan fingerprint density at radius 2 is 2.24 bits per heavy atom. The third-order valence-corrected chi connectivity index (χ3v) is 5.14. The first-order chi connectivity index (χ1) is 13.8. The molecule has 2 unspecified atom stereocenters.